The Labute approximate surface area is 138 Å². The van der Waals surface area contributed by atoms with Crippen molar-refractivity contribution in [3.05, 3.63) is 45.3 Å². The van der Waals surface area contributed by atoms with E-state index in [-0.39, 0.29) is 11.1 Å². The lowest BCUT2D eigenvalue weighted by atomic mass is 10.2. The second kappa shape index (κ2) is 7.64. The molecule has 0 radical (unpaired) electrons. The van der Waals surface area contributed by atoms with Crippen molar-refractivity contribution >= 4 is 23.5 Å². The summed E-state index contributed by atoms with van der Waals surface area (Å²) in [5.41, 5.74) is 3.30. The van der Waals surface area contributed by atoms with Crippen LogP contribution in [0.3, 0.4) is 0 Å². The molecule has 1 heterocycles. The highest BCUT2D eigenvalue weighted by Crippen LogP contribution is 2.28. The lowest BCUT2D eigenvalue weighted by molar-refractivity contribution is 0.230. The van der Waals surface area contributed by atoms with Crippen molar-refractivity contribution in [1.29, 1.82) is 0 Å². The molecule has 23 heavy (non-hydrogen) atoms. The van der Waals surface area contributed by atoms with E-state index >= 15 is 0 Å². The first-order chi connectivity index (χ1) is 11.0. The van der Waals surface area contributed by atoms with Gasteiger partial charge in [0.15, 0.2) is 11.5 Å². The maximum absolute atomic E-state index is 11.3. The van der Waals surface area contributed by atoms with E-state index in [4.69, 9.17) is 21.1 Å². The molecule has 1 aromatic carbocycles. The molecule has 7 nitrogen and oxygen atoms in total. The van der Waals surface area contributed by atoms with Gasteiger partial charge in [-0.25, -0.2) is 5.10 Å². The molecular formula is C15H17ClN4O3. The molecule has 0 aliphatic heterocycles. The Hall–Kier alpha value is -2.54. The minimum Gasteiger partial charge on any atom is -0.493 e. The number of hydrazone groups is 1. The highest BCUT2D eigenvalue weighted by molar-refractivity contribution is 6.32. The van der Waals surface area contributed by atoms with Crippen LogP contribution in [0.5, 0.6) is 11.5 Å². The Morgan fingerprint density at radius 1 is 1.39 bits per heavy atom. The fourth-order valence-corrected chi connectivity index (χ4v) is 1.89. The third kappa shape index (κ3) is 4.46. The van der Waals surface area contributed by atoms with Gasteiger partial charge in [-0.2, -0.15) is 10.2 Å². The highest BCUT2D eigenvalue weighted by Gasteiger charge is 2.07. The van der Waals surface area contributed by atoms with Crippen LogP contribution in [0.2, 0.25) is 5.02 Å². The summed E-state index contributed by atoms with van der Waals surface area (Å²) in [4.78, 5) is 11.3. The third-order valence-corrected chi connectivity index (χ3v) is 3.12. The van der Waals surface area contributed by atoms with Crippen LogP contribution in [0.1, 0.15) is 19.4 Å². The van der Waals surface area contributed by atoms with Crippen molar-refractivity contribution in [2.75, 3.05) is 12.5 Å². The average molecular weight is 337 g/mol. The van der Waals surface area contributed by atoms with E-state index in [2.05, 4.69) is 20.7 Å². The molecule has 8 heteroatoms. The first-order valence-electron chi connectivity index (χ1n) is 6.88. The van der Waals surface area contributed by atoms with E-state index in [0.717, 1.165) is 5.56 Å². The fraction of sp³-hybridized carbons (Fsp3) is 0.267. The number of hydrogen-bond donors (Lipinski definition) is 2. The molecule has 0 saturated carbocycles. The van der Waals surface area contributed by atoms with Gasteiger partial charge in [-0.05, 0) is 37.6 Å². The molecule has 2 rings (SSSR count). The number of aromatic amines is 1. The number of rotatable bonds is 6. The topological polar surface area (TPSA) is 88.6 Å². The van der Waals surface area contributed by atoms with E-state index in [1.807, 2.05) is 26.0 Å². The summed E-state index contributed by atoms with van der Waals surface area (Å²) in [5.74, 6) is 1.27. The number of nitrogens with one attached hydrogen (secondary N) is 2. The average Bonchev–Trinajstić information content (AvgIpc) is 2.52. The zero-order valence-electron chi connectivity index (χ0n) is 13.0. The molecule has 0 amide bonds. The number of anilines is 1. The maximum atomic E-state index is 11.3. The second-order valence-corrected chi connectivity index (χ2v) is 5.25. The van der Waals surface area contributed by atoms with Gasteiger partial charge in [-0.3, -0.25) is 10.2 Å². The van der Waals surface area contributed by atoms with Gasteiger partial charge in [0.2, 0.25) is 0 Å². The summed E-state index contributed by atoms with van der Waals surface area (Å²) in [5, 5.41) is 9.89. The van der Waals surface area contributed by atoms with Crippen LogP contribution >= 0.6 is 11.6 Å². The van der Waals surface area contributed by atoms with Crippen LogP contribution < -0.4 is 20.5 Å². The molecule has 0 bridgehead atoms. The molecule has 0 aliphatic rings. The summed E-state index contributed by atoms with van der Waals surface area (Å²) in [6.45, 7) is 3.89. The predicted molar refractivity (Wildman–Crippen MR) is 89.8 cm³/mol. The molecule has 0 unspecified atom stereocenters. The molecule has 0 spiro atoms. The minimum absolute atomic E-state index is 0.00425. The number of nitrogens with zero attached hydrogens (tertiary/aromatic N) is 2. The van der Waals surface area contributed by atoms with Gasteiger partial charge >= 0.3 is 0 Å². The van der Waals surface area contributed by atoms with Gasteiger partial charge in [0.1, 0.15) is 10.7 Å². The number of benzene rings is 1. The van der Waals surface area contributed by atoms with Gasteiger partial charge in [-0.15, -0.1) is 0 Å². The Bertz CT molecular complexity index is 759. The van der Waals surface area contributed by atoms with Gasteiger partial charge in [0, 0.05) is 0 Å². The Balaban J connectivity index is 2.13. The first kappa shape index (κ1) is 16.8. The number of aromatic nitrogens is 2. The summed E-state index contributed by atoms with van der Waals surface area (Å²) < 4.78 is 10.9. The predicted octanol–water partition coefficient (Wildman–Crippen LogP) is 2.67. The molecule has 2 N–H and O–H groups in total. The SMILES string of the molecule is COc1cc(/C=N/Nc2cn[nH]c(=O)c2Cl)ccc1OC(C)C. The zero-order valence-corrected chi connectivity index (χ0v) is 13.7. The van der Waals surface area contributed by atoms with Crippen molar-refractivity contribution in [2.45, 2.75) is 20.0 Å². The van der Waals surface area contributed by atoms with Crippen LogP contribution in [0, 0.1) is 0 Å². The number of halogens is 1. The van der Waals surface area contributed by atoms with E-state index in [1.165, 1.54) is 6.20 Å². The number of H-pyrrole nitrogens is 1. The van der Waals surface area contributed by atoms with Crippen LogP contribution in [-0.2, 0) is 0 Å². The molecule has 122 valence electrons. The molecule has 0 fully saturated rings. The number of hydrogen-bond acceptors (Lipinski definition) is 6. The first-order valence-corrected chi connectivity index (χ1v) is 7.26. The molecule has 2 aromatic rings. The summed E-state index contributed by atoms with van der Waals surface area (Å²) in [7, 11) is 1.57. The molecular weight excluding hydrogens is 320 g/mol. The minimum atomic E-state index is -0.483. The van der Waals surface area contributed by atoms with Crippen molar-refractivity contribution in [1.82, 2.24) is 10.2 Å². The Morgan fingerprint density at radius 3 is 2.87 bits per heavy atom. The van der Waals surface area contributed by atoms with Crippen molar-refractivity contribution in [3.63, 3.8) is 0 Å². The summed E-state index contributed by atoms with van der Waals surface area (Å²) >= 11 is 5.84. The lowest BCUT2D eigenvalue weighted by Crippen LogP contribution is -2.10. The fourth-order valence-electron chi connectivity index (χ4n) is 1.75. The largest absolute Gasteiger partial charge is 0.493 e. The second-order valence-electron chi connectivity index (χ2n) is 4.87. The maximum Gasteiger partial charge on any atom is 0.285 e. The van der Waals surface area contributed by atoms with Crippen LogP contribution in [0.25, 0.3) is 0 Å². The number of methoxy groups -OCH3 is 1. The quantitative estimate of drug-likeness (QED) is 0.625. The normalized spacial score (nSPS) is 11.0. The van der Waals surface area contributed by atoms with Gasteiger partial charge in [-0.1, -0.05) is 11.6 Å². The van der Waals surface area contributed by atoms with E-state index in [9.17, 15) is 4.79 Å². The molecule has 0 saturated heterocycles. The smallest absolute Gasteiger partial charge is 0.285 e. The summed E-state index contributed by atoms with van der Waals surface area (Å²) in [6.07, 6.45) is 3.00. The van der Waals surface area contributed by atoms with Crippen LogP contribution in [0.4, 0.5) is 5.69 Å². The van der Waals surface area contributed by atoms with Crippen molar-refractivity contribution in [3.8, 4) is 11.5 Å². The lowest BCUT2D eigenvalue weighted by Gasteiger charge is -2.13. The van der Waals surface area contributed by atoms with Gasteiger partial charge < -0.3 is 9.47 Å². The van der Waals surface area contributed by atoms with Crippen LogP contribution in [0.15, 0.2) is 34.3 Å². The molecule has 0 atom stereocenters. The molecule has 0 aliphatic carbocycles. The van der Waals surface area contributed by atoms with E-state index in [1.54, 1.807) is 19.4 Å². The van der Waals surface area contributed by atoms with E-state index in [0.29, 0.717) is 17.2 Å². The standard InChI is InChI=1S/C15H17ClN4O3/c1-9(2)23-12-5-4-10(6-13(12)22-3)7-17-19-11-8-18-20-15(21)14(11)16/h4-9H,1-3H3,(H2,19,20,21)/b17-7+. The van der Waals surface area contributed by atoms with Gasteiger partial charge in [0.25, 0.3) is 5.56 Å². The number of ether oxygens (including phenoxy) is 2. The van der Waals surface area contributed by atoms with Crippen molar-refractivity contribution in [2.24, 2.45) is 5.10 Å². The zero-order chi connectivity index (χ0) is 16.8. The monoisotopic (exact) mass is 336 g/mol. The van der Waals surface area contributed by atoms with Crippen LogP contribution in [-0.4, -0.2) is 29.6 Å². The highest BCUT2D eigenvalue weighted by atomic mass is 35.5. The third-order valence-electron chi connectivity index (χ3n) is 2.74. The molecule has 1 aromatic heterocycles. The Kier molecular flexibility index (Phi) is 5.59. The van der Waals surface area contributed by atoms with Gasteiger partial charge in [0.05, 0.1) is 25.6 Å². The summed E-state index contributed by atoms with van der Waals surface area (Å²) in [6, 6.07) is 5.44. The van der Waals surface area contributed by atoms with E-state index < -0.39 is 5.56 Å². The van der Waals surface area contributed by atoms with Crippen molar-refractivity contribution < 1.29 is 9.47 Å². The Morgan fingerprint density at radius 2 is 2.17 bits per heavy atom.